The molecule has 0 saturated carbocycles. The van der Waals surface area contributed by atoms with Crippen LogP contribution in [0.3, 0.4) is 0 Å². The zero-order chi connectivity index (χ0) is 11.4. The van der Waals surface area contributed by atoms with Crippen LogP contribution in [0.25, 0.3) is 0 Å². The Hall–Kier alpha value is -1.16. The van der Waals surface area contributed by atoms with Gasteiger partial charge in [0.2, 0.25) is 0 Å². The number of thiocarbonyl (C=S) groups is 1. The Bertz CT molecular complexity index is 344. The topological polar surface area (TPSA) is 55.1 Å². The fourth-order valence-electron chi connectivity index (χ4n) is 1.77. The van der Waals surface area contributed by atoms with Crippen molar-refractivity contribution in [1.82, 2.24) is 5.32 Å². The standard InChI is InChI=1S/C11H16N2OS/c1-3-7-5-6-9(15)8(4-2)10(7)13-11(12)14/h5-6,8H,3-4H2,1-2H3,(H3,12,13,14). The number of nitrogens with one attached hydrogen (secondary N) is 1. The van der Waals surface area contributed by atoms with Crippen LogP contribution in [0.15, 0.2) is 23.4 Å². The van der Waals surface area contributed by atoms with Crippen LogP contribution in [0, 0.1) is 5.92 Å². The average Bonchev–Trinajstić information content (AvgIpc) is 2.18. The first-order valence-corrected chi connectivity index (χ1v) is 5.52. The molecule has 2 amide bonds. The van der Waals surface area contributed by atoms with Crippen LogP contribution in [0.4, 0.5) is 4.79 Å². The first-order chi connectivity index (χ1) is 7.10. The molecule has 15 heavy (non-hydrogen) atoms. The highest BCUT2D eigenvalue weighted by atomic mass is 32.1. The van der Waals surface area contributed by atoms with E-state index in [9.17, 15) is 4.79 Å². The van der Waals surface area contributed by atoms with Crippen molar-refractivity contribution in [3.63, 3.8) is 0 Å². The molecule has 0 radical (unpaired) electrons. The van der Waals surface area contributed by atoms with E-state index in [4.69, 9.17) is 18.0 Å². The fraction of sp³-hybridized carbons (Fsp3) is 0.455. The molecule has 3 nitrogen and oxygen atoms in total. The number of rotatable bonds is 3. The van der Waals surface area contributed by atoms with E-state index >= 15 is 0 Å². The third-order valence-electron chi connectivity index (χ3n) is 2.53. The maximum atomic E-state index is 10.9. The largest absolute Gasteiger partial charge is 0.351 e. The van der Waals surface area contributed by atoms with Crippen molar-refractivity contribution in [2.45, 2.75) is 26.7 Å². The molecule has 1 aliphatic rings. The Morgan fingerprint density at radius 1 is 1.53 bits per heavy atom. The molecular weight excluding hydrogens is 208 g/mol. The smallest absolute Gasteiger partial charge is 0.316 e. The van der Waals surface area contributed by atoms with Crippen LogP contribution in [-0.4, -0.2) is 10.9 Å². The van der Waals surface area contributed by atoms with Crippen molar-refractivity contribution in [3.05, 3.63) is 23.4 Å². The number of carbonyl (C=O) groups is 1. The van der Waals surface area contributed by atoms with E-state index in [1.807, 2.05) is 26.0 Å². The van der Waals surface area contributed by atoms with Crippen molar-refractivity contribution >= 4 is 23.1 Å². The van der Waals surface area contributed by atoms with E-state index in [1.165, 1.54) is 0 Å². The highest BCUT2D eigenvalue weighted by Crippen LogP contribution is 2.26. The maximum absolute atomic E-state index is 10.9. The second-order valence-electron chi connectivity index (χ2n) is 3.48. The van der Waals surface area contributed by atoms with Gasteiger partial charge >= 0.3 is 6.03 Å². The predicted molar refractivity (Wildman–Crippen MR) is 65.6 cm³/mol. The van der Waals surface area contributed by atoms with Gasteiger partial charge < -0.3 is 11.1 Å². The van der Waals surface area contributed by atoms with Crippen molar-refractivity contribution in [2.24, 2.45) is 11.7 Å². The zero-order valence-corrected chi connectivity index (χ0v) is 9.86. The Labute approximate surface area is 95.4 Å². The van der Waals surface area contributed by atoms with Gasteiger partial charge in [-0.1, -0.05) is 32.1 Å². The van der Waals surface area contributed by atoms with Gasteiger partial charge in [0.05, 0.1) is 0 Å². The number of primary amides is 1. The van der Waals surface area contributed by atoms with Gasteiger partial charge in [0, 0.05) is 16.5 Å². The Balaban J connectivity index is 3.05. The van der Waals surface area contributed by atoms with Crippen LogP contribution in [0.5, 0.6) is 0 Å². The van der Waals surface area contributed by atoms with Gasteiger partial charge in [-0.05, 0) is 24.5 Å². The molecule has 1 atom stereocenters. The van der Waals surface area contributed by atoms with Crippen molar-refractivity contribution < 1.29 is 4.79 Å². The average molecular weight is 224 g/mol. The molecule has 0 aromatic heterocycles. The van der Waals surface area contributed by atoms with Gasteiger partial charge in [0.1, 0.15) is 0 Å². The second-order valence-corrected chi connectivity index (χ2v) is 3.95. The van der Waals surface area contributed by atoms with E-state index in [0.29, 0.717) is 0 Å². The highest BCUT2D eigenvalue weighted by Gasteiger charge is 2.22. The molecule has 0 aromatic rings. The van der Waals surface area contributed by atoms with Crippen molar-refractivity contribution in [2.75, 3.05) is 0 Å². The minimum absolute atomic E-state index is 0.118. The van der Waals surface area contributed by atoms with Crippen molar-refractivity contribution in [3.8, 4) is 0 Å². The van der Waals surface area contributed by atoms with E-state index in [1.54, 1.807) is 0 Å². The summed E-state index contributed by atoms with van der Waals surface area (Å²) in [5, 5.41) is 2.69. The number of carbonyl (C=O) groups excluding carboxylic acids is 1. The number of nitrogens with two attached hydrogens (primary N) is 1. The third kappa shape index (κ3) is 2.65. The van der Waals surface area contributed by atoms with Crippen LogP contribution in [0.1, 0.15) is 26.7 Å². The molecule has 3 N–H and O–H groups in total. The molecule has 1 aliphatic carbocycles. The summed E-state index contributed by atoms with van der Waals surface area (Å²) in [7, 11) is 0. The lowest BCUT2D eigenvalue weighted by atomic mass is 9.89. The molecule has 0 heterocycles. The second kappa shape index (κ2) is 5.07. The lowest BCUT2D eigenvalue weighted by Crippen LogP contribution is -2.35. The first kappa shape index (κ1) is 11.9. The molecule has 4 heteroatoms. The summed E-state index contributed by atoms with van der Waals surface area (Å²) >= 11 is 5.24. The monoisotopic (exact) mass is 224 g/mol. The number of allylic oxidation sites excluding steroid dienone is 4. The van der Waals surface area contributed by atoms with E-state index in [-0.39, 0.29) is 5.92 Å². The number of hydrogen-bond acceptors (Lipinski definition) is 2. The van der Waals surface area contributed by atoms with Gasteiger partial charge in [-0.25, -0.2) is 4.79 Å². The van der Waals surface area contributed by atoms with Crippen LogP contribution < -0.4 is 11.1 Å². The van der Waals surface area contributed by atoms with Gasteiger partial charge in [-0.15, -0.1) is 0 Å². The summed E-state index contributed by atoms with van der Waals surface area (Å²) in [5.41, 5.74) is 7.13. The van der Waals surface area contributed by atoms with Gasteiger partial charge in [-0.2, -0.15) is 0 Å². The SMILES string of the molecule is CCC1=C(NC(N)=O)C(CC)C(=S)C=C1. The van der Waals surface area contributed by atoms with Crippen LogP contribution in [0.2, 0.25) is 0 Å². The van der Waals surface area contributed by atoms with E-state index in [2.05, 4.69) is 5.32 Å². The highest BCUT2D eigenvalue weighted by molar-refractivity contribution is 7.80. The molecule has 0 saturated heterocycles. The number of urea groups is 1. The molecule has 82 valence electrons. The summed E-state index contributed by atoms with van der Waals surface area (Å²) in [6, 6.07) is -0.521. The zero-order valence-electron chi connectivity index (χ0n) is 9.04. The summed E-state index contributed by atoms with van der Waals surface area (Å²) in [6.07, 6.45) is 5.64. The molecule has 0 bridgehead atoms. The molecule has 1 unspecified atom stereocenters. The molecule has 1 rings (SSSR count). The third-order valence-corrected chi connectivity index (χ3v) is 2.95. The number of hydrogen-bond donors (Lipinski definition) is 2. The quantitative estimate of drug-likeness (QED) is 0.723. The Morgan fingerprint density at radius 3 is 2.67 bits per heavy atom. The van der Waals surface area contributed by atoms with Crippen molar-refractivity contribution in [1.29, 1.82) is 0 Å². The van der Waals surface area contributed by atoms with Crippen LogP contribution in [-0.2, 0) is 0 Å². The molecule has 0 spiro atoms. The predicted octanol–water partition coefficient (Wildman–Crippen LogP) is 2.28. The van der Waals surface area contributed by atoms with Crippen LogP contribution >= 0.6 is 12.2 Å². The van der Waals surface area contributed by atoms with E-state index in [0.717, 1.165) is 29.0 Å². The van der Waals surface area contributed by atoms with E-state index < -0.39 is 6.03 Å². The summed E-state index contributed by atoms with van der Waals surface area (Å²) in [6.45, 7) is 4.09. The molecule has 0 fully saturated rings. The number of amides is 2. The summed E-state index contributed by atoms with van der Waals surface area (Å²) < 4.78 is 0. The summed E-state index contributed by atoms with van der Waals surface area (Å²) in [5.74, 6) is 0.118. The minimum atomic E-state index is -0.521. The normalized spacial score (nSPS) is 20.7. The first-order valence-electron chi connectivity index (χ1n) is 5.11. The fourth-order valence-corrected chi connectivity index (χ4v) is 2.12. The van der Waals surface area contributed by atoms with Gasteiger partial charge in [0.25, 0.3) is 0 Å². The Morgan fingerprint density at radius 2 is 2.20 bits per heavy atom. The molecule has 0 aliphatic heterocycles. The lowest BCUT2D eigenvalue weighted by Gasteiger charge is -2.24. The van der Waals surface area contributed by atoms with Gasteiger partial charge in [0.15, 0.2) is 0 Å². The molecular formula is C11H16N2OS. The Kier molecular flexibility index (Phi) is 4.03. The maximum Gasteiger partial charge on any atom is 0.316 e. The minimum Gasteiger partial charge on any atom is -0.351 e. The lowest BCUT2D eigenvalue weighted by molar-refractivity contribution is 0.250. The molecule has 0 aromatic carbocycles. The summed E-state index contributed by atoms with van der Waals surface area (Å²) in [4.78, 5) is 11.8. The van der Waals surface area contributed by atoms with Gasteiger partial charge in [-0.3, -0.25) is 0 Å².